The first-order chi connectivity index (χ1) is 10.2. The lowest BCUT2D eigenvalue weighted by Crippen LogP contribution is -2.43. The number of carbonyl (C=O) groups excluding carboxylic acids is 1. The van der Waals surface area contributed by atoms with E-state index in [1.165, 1.54) is 6.42 Å². The average molecular weight is 300 g/mol. The number of nitrogens with zero attached hydrogens (tertiary/aromatic N) is 2. The largest absolute Gasteiger partial charge is 0.336 e. The van der Waals surface area contributed by atoms with Gasteiger partial charge in [0.1, 0.15) is 0 Å². The van der Waals surface area contributed by atoms with Gasteiger partial charge in [-0.25, -0.2) is 0 Å². The van der Waals surface area contributed by atoms with Gasteiger partial charge >= 0.3 is 0 Å². The summed E-state index contributed by atoms with van der Waals surface area (Å²) in [6.45, 7) is 3.02. The zero-order chi connectivity index (χ0) is 14.8. The Morgan fingerprint density at radius 3 is 3.05 bits per heavy atom. The van der Waals surface area contributed by atoms with Gasteiger partial charge in [0.25, 0.3) is 5.91 Å². The van der Waals surface area contributed by atoms with Gasteiger partial charge in [-0.15, -0.1) is 12.6 Å². The molecule has 1 aliphatic rings. The van der Waals surface area contributed by atoms with Crippen molar-refractivity contribution in [3.63, 3.8) is 0 Å². The molecule has 0 spiro atoms. The molecule has 0 bridgehead atoms. The number of benzene rings is 1. The van der Waals surface area contributed by atoms with Crippen LogP contribution in [0, 0.1) is 0 Å². The highest BCUT2D eigenvalue weighted by molar-refractivity contribution is 7.80. The normalized spacial score (nSPS) is 19.0. The maximum atomic E-state index is 13.0. The van der Waals surface area contributed by atoms with Gasteiger partial charge in [-0.3, -0.25) is 9.78 Å². The molecule has 2 heterocycles. The average Bonchev–Trinajstić information content (AvgIpc) is 2.55. The first-order valence-corrected chi connectivity index (χ1v) is 8.04. The van der Waals surface area contributed by atoms with Gasteiger partial charge in [-0.2, -0.15) is 0 Å². The third kappa shape index (κ3) is 2.64. The van der Waals surface area contributed by atoms with Crippen molar-refractivity contribution in [1.82, 2.24) is 9.88 Å². The van der Waals surface area contributed by atoms with E-state index in [0.717, 1.165) is 47.2 Å². The lowest BCUT2D eigenvalue weighted by molar-refractivity contribution is 0.0610. The summed E-state index contributed by atoms with van der Waals surface area (Å²) in [5, 5.41) is 0.899. The number of pyridine rings is 1. The highest BCUT2D eigenvalue weighted by Gasteiger charge is 2.27. The van der Waals surface area contributed by atoms with Crippen molar-refractivity contribution >= 4 is 29.4 Å². The number of thiol groups is 1. The zero-order valence-corrected chi connectivity index (χ0v) is 13.1. The predicted octanol–water partition coefficient (Wildman–Crippen LogP) is 3.93. The van der Waals surface area contributed by atoms with Gasteiger partial charge < -0.3 is 4.90 Å². The van der Waals surface area contributed by atoms with Crippen molar-refractivity contribution in [2.24, 2.45) is 0 Å². The Bertz CT molecular complexity index is 671. The number of hydrogen-bond acceptors (Lipinski definition) is 3. The minimum Gasteiger partial charge on any atom is -0.336 e. The fourth-order valence-electron chi connectivity index (χ4n) is 3.19. The van der Waals surface area contributed by atoms with Crippen molar-refractivity contribution in [3.8, 4) is 0 Å². The van der Waals surface area contributed by atoms with Crippen LogP contribution in [0.2, 0.25) is 0 Å². The number of likely N-dealkylation sites (tertiary alicyclic amines) is 1. The Balaban J connectivity index is 2.03. The highest BCUT2D eigenvalue weighted by atomic mass is 32.1. The van der Waals surface area contributed by atoms with E-state index < -0.39 is 0 Å². The minimum atomic E-state index is 0.132. The van der Waals surface area contributed by atoms with E-state index in [-0.39, 0.29) is 5.91 Å². The van der Waals surface area contributed by atoms with Crippen LogP contribution in [0.5, 0.6) is 0 Å². The summed E-state index contributed by atoms with van der Waals surface area (Å²) in [6, 6.07) is 7.96. The second-order valence-electron chi connectivity index (χ2n) is 5.59. The molecule has 1 saturated heterocycles. The standard InChI is InChI=1S/C17H20N2OS/c1-2-12-6-3-4-11-19(12)17(20)14-8-9-15(21)16-13(14)7-5-10-18-16/h5,7-10,12,21H,2-4,6,11H2,1H3. The number of aromatic nitrogens is 1. The first-order valence-electron chi connectivity index (χ1n) is 7.60. The minimum absolute atomic E-state index is 0.132. The smallest absolute Gasteiger partial charge is 0.254 e. The third-order valence-electron chi connectivity index (χ3n) is 4.34. The first kappa shape index (κ1) is 14.4. The van der Waals surface area contributed by atoms with Crippen LogP contribution in [0.4, 0.5) is 0 Å². The van der Waals surface area contributed by atoms with Crippen LogP contribution in [0.3, 0.4) is 0 Å². The van der Waals surface area contributed by atoms with Gasteiger partial charge in [0.2, 0.25) is 0 Å². The summed E-state index contributed by atoms with van der Waals surface area (Å²) in [6.07, 6.45) is 6.20. The molecule has 1 unspecified atom stereocenters. The maximum absolute atomic E-state index is 13.0. The maximum Gasteiger partial charge on any atom is 0.254 e. The van der Waals surface area contributed by atoms with Crippen LogP contribution in [-0.4, -0.2) is 28.4 Å². The number of hydrogen-bond donors (Lipinski definition) is 1. The van der Waals surface area contributed by atoms with Crippen LogP contribution < -0.4 is 0 Å². The lowest BCUT2D eigenvalue weighted by atomic mass is 9.98. The molecule has 2 aromatic rings. The molecule has 1 amide bonds. The van der Waals surface area contributed by atoms with Crippen molar-refractivity contribution in [2.45, 2.75) is 43.5 Å². The molecule has 1 fully saturated rings. The lowest BCUT2D eigenvalue weighted by Gasteiger charge is -2.35. The molecule has 1 aromatic heterocycles. The summed E-state index contributed by atoms with van der Waals surface area (Å²) >= 11 is 4.44. The molecule has 3 nitrogen and oxygen atoms in total. The van der Waals surface area contributed by atoms with E-state index in [1.807, 2.05) is 29.2 Å². The molecule has 0 saturated carbocycles. The van der Waals surface area contributed by atoms with Gasteiger partial charge in [0, 0.05) is 34.6 Å². The van der Waals surface area contributed by atoms with E-state index in [0.29, 0.717) is 6.04 Å². The molecule has 1 atom stereocenters. The third-order valence-corrected chi connectivity index (χ3v) is 4.70. The van der Waals surface area contributed by atoms with E-state index in [1.54, 1.807) is 6.20 Å². The molecule has 1 aromatic carbocycles. The van der Waals surface area contributed by atoms with Crippen LogP contribution >= 0.6 is 12.6 Å². The van der Waals surface area contributed by atoms with Crippen molar-refractivity contribution in [1.29, 1.82) is 0 Å². The van der Waals surface area contributed by atoms with E-state index in [4.69, 9.17) is 0 Å². The Labute approximate surface area is 130 Å². The monoisotopic (exact) mass is 300 g/mol. The summed E-state index contributed by atoms with van der Waals surface area (Å²) in [5.74, 6) is 0.132. The Morgan fingerprint density at radius 1 is 1.38 bits per heavy atom. The molecule has 3 rings (SSSR count). The zero-order valence-electron chi connectivity index (χ0n) is 12.2. The van der Waals surface area contributed by atoms with E-state index >= 15 is 0 Å². The number of amides is 1. The number of piperidine rings is 1. The summed E-state index contributed by atoms with van der Waals surface area (Å²) < 4.78 is 0. The molecular weight excluding hydrogens is 280 g/mol. The second kappa shape index (κ2) is 6.06. The van der Waals surface area contributed by atoms with Gasteiger partial charge in [-0.1, -0.05) is 13.0 Å². The Kier molecular flexibility index (Phi) is 4.15. The fraction of sp³-hybridized carbons (Fsp3) is 0.412. The molecule has 21 heavy (non-hydrogen) atoms. The molecule has 0 aliphatic carbocycles. The fourth-order valence-corrected chi connectivity index (χ4v) is 3.44. The van der Waals surface area contributed by atoms with Gasteiger partial charge in [0.05, 0.1) is 5.52 Å². The van der Waals surface area contributed by atoms with Gasteiger partial charge in [0.15, 0.2) is 0 Å². The predicted molar refractivity (Wildman–Crippen MR) is 88.0 cm³/mol. The molecule has 0 radical (unpaired) electrons. The quantitative estimate of drug-likeness (QED) is 0.853. The van der Waals surface area contributed by atoms with Crippen molar-refractivity contribution in [2.75, 3.05) is 6.54 Å². The molecule has 0 N–H and O–H groups in total. The number of carbonyl (C=O) groups is 1. The SMILES string of the molecule is CCC1CCCCN1C(=O)c1ccc(S)c2ncccc12. The van der Waals surface area contributed by atoms with Crippen LogP contribution in [0.25, 0.3) is 10.9 Å². The number of fused-ring (bicyclic) bond motifs is 1. The Hall–Kier alpha value is -1.55. The van der Waals surface area contributed by atoms with Crippen molar-refractivity contribution < 1.29 is 4.79 Å². The highest BCUT2D eigenvalue weighted by Crippen LogP contribution is 2.27. The second-order valence-corrected chi connectivity index (χ2v) is 6.07. The van der Waals surface area contributed by atoms with Crippen LogP contribution in [0.15, 0.2) is 35.4 Å². The molecular formula is C17H20N2OS. The summed E-state index contributed by atoms with van der Waals surface area (Å²) in [7, 11) is 0. The topological polar surface area (TPSA) is 33.2 Å². The van der Waals surface area contributed by atoms with Crippen LogP contribution in [-0.2, 0) is 0 Å². The molecule has 110 valence electrons. The van der Waals surface area contributed by atoms with Crippen LogP contribution in [0.1, 0.15) is 43.0 Å². The van der Waals surface area contributed by atoms with Gasteiger partial charge in [-0.05, 0) is 43.9 Å². The van der Waals surface area contributed by atoms with E-state index in [2.05, 4.69) is 24.5 Å². The number of rotatable bonds is 2. The van der Waals surface area contributed by atoms with Crippen molar-refractivity contribution in [3.05, 3.63) is 36.0 Å². The summed E-state index contributed by atoms with van der Waals surface area (Å²) in [4.78, 5) is 20.2. The van der Waals surface area contributed by atoms with E-state index in [9.17, 15) is 4.79 Å². The molecule has 1 aliphatic heterocycles. The Morgan fingerprint density at radius 2 is 2.24 bits per heavy atom. The summed E-state index contributed by atoms with van der Waals surface area (Å²) in [5.41, 5.74) is 1.55. The molecule has 4 heteroatoms.